The molecule has 1 saturated carbocycles. The summed E-state index contributed by atoms with van der Waals surface area (Å²) < 4.78 is 38.5. The molecule has 0 aromatic heterocycles. The molecule has 0 unspecified atom stereocenters. The highest BCUT2D eigenvalue weighted by atomic mass is 19.4. The second-order valence-electron chi connectivity index (χ2n) is 5.81. The molecule has 1 aromatic carbocycles. The van der Waals surface area contributed by atoms with Crippen molar-refractivity contribution in [2.75, 3.05) is 11.4 Å². The molecule has 0 spiro atoms. The van der Waals surface area contributed by atoms with Crippen LogP contribution in [0.15, 0.2) is 18.2 Å². The van der Waals surface area contributed by atoms with Crippen LogP contribution in [0.5, 0.6) is 0 Å². The molecule has 6 heteroatoms. The van der Waals surface area contributed by atoms with E-state index < -0.39 is 23.3 Å². The lowest BCUT2D eigenvalue weighted by Crippen LogP contribution is -2.30. The van der Waals surface area contributed by atoms with E-state index in [2.05, 4.69) is 0 Å². The molecule has 116 valence electrons. The first-order valence-electron chi connectivity index (χ1n) is 6.91. The highest BCUT2D eigenvalue weighted by Gasteiger charge is 2.36. The molecule has 21 heavy (non-hydrogen) atoms. The van der Waals surface area contributed by atoms with E-state index in [-0.39, 0.29) is 0 Å². The first-order chi connectivity index (χ1) is 9.70. The van der Waals surface area contributed by atoms with E-state index in [0.717, 1.165) is 25.0 Å². The Kier molecular flexibility index (Phi) is 4.16. The number of nitrogens with zero attached hydrogens (tertiary/aromatic N) is 1. The summed E-state index contributed by atoms with van der Waals surface area (Å²) in [6, 6.07) is 3.70. The zero-order valence-corrected chi connectivity index (χ0v) is 11.9. The van der Waals surface area contributed by atoms with E-state index in [0.29, 0.717) is 24.2 Å². The third kappa shape index (κ3) is 3.68. The van der Waals surface area contributed by atoms with Gasteiger partial charge in [-0.25, -0.2) is 4.79 Å². The van der Waals surface area contributed by atoms with Gasteiger partial charge in [-0.2, -0.15) is 13.2 Å². The Morgan fingerprint density at radius 2 is 2.00 bits per heavy atom. The molecule has 2 rings (SSSR count). The number of benzene rings is 1. The molecule has 0 bridgehead atoms. The zero-order chi connectivity index (χ0) is 15.8. The van der Waals surface area contributed by atoms with Crippen LogP contribution >= 0.6 is 0 Å². The van der Waals surface area contributed by atoms with Crippen molar-refractivity contribution in [3.05, 3.63) is 29.3 Å². The predicted octanol–water partition coefficient (Wildman–Crippen LogP) is 4.03. The van der Waals surface area contributed by atoms with Gasteiger partial charge < -0.3 is 10.0 Å². The number of alkyl halides is 3. The maximum atomic E-state index is 12.8. The highest BCUT2D eigenvalue weighted by molar-refractivity contribution is 5.91. The molecule has 1 N–H and O–H groups in total. The smallest absolute Gasteiger partial charge is 0.417 e. The molecule has 3 nitrogen and oxygen atoms in total. The van der Waals surface area contributed by atoms with Gasteiger partial charge in [0.15, 0.2) is 0 Å². The Morgan fingerprint density at radius 1 is 1.38 bits per heavy atom. The van der Waals surface area contributed by atoms with Crippen LogP contribution in [0.1, 0.15) is 42.6 Å². The average Bonchev–Trinajstić information content (AvgIpc) is 3.18. The quantitative estimate of drug-likeness (QED) is 0.892. The van der Waals surface area contributed by atoms with Crippen molar-refractivity contribution < 1.29 is 23.1 Å². The standard InChI is InChI=1S/C15H18F3NO2/c1-9(2)8-19(10-3-4-10)11-5-6-13(15(16,17)18)12(7-11)14(20)21/h5-7,9-10H,3-4,8H2,1-2H3,(H,20,21). The first kappa shape index (κ1) is 15.7. The minimum absolute atomic E-state index is 0.311. The zero-order valence-electron chi connectivity index (χ0n) is 11.9. The maximum absolute atomic E-state index is 12.8. The van der Waals surface area contributed by atoms with Gasteiger partial charge in [0.25, 0.3) is 0 Å². The van der Waals surface area contributed by atoms with Gasteiger partial charge in [-0.3, -0.25) is 0 Å². The van der Waals surface area contributed by atoms with Crippen LogP contribution in [-0.4, -0.2) is 23.7 Å². The molecular formula is C15H18F3NO2. The minimum Gasteiger partial charge on any atom is -0.478 e. The molecular weight excluding hydrogens is 283 g/mol. The molecule has 0 saturated heterocycles. The lowest BCUT2D eigenvalue weighted by Gasteiger charge is -2.27. The van der Waals surface area contributed by atoms with Crippen molar-refractivity contribution >= 4 is 11.7 Å². The fourth-order valence-corrected chi connectivity index (χ4v) is 2.38. The van der Waals surface area contributed by atoms with Gasteiger partial charge in [-0.15, -0.1) is 0 Å². The number of carbonyl (C=O) groups is 1. The predicted molar refractivity (Wildman–Crippen MR) is 73.6 cm³/mol. The molecule has 1 fully saturated rings. The summed E-state index contributed by atoms with van der Waals surface area (Å²) in [4.78, 5) is 13.1. The van der Waals surface area contributed by atoms with Crippen molar-refractivity contribution in [2.45, 2.75) is 38.9 Å². The molecule has 1 aliphatic carbocycles. The van der Waals surface area contributed by atoms with Crippen LogP contribution in [0.2, 0.25) is 0 Å². The Labute approximate surface area is 121 Å². The molecule has 1 aliphatic rings. The summed E-state index contributed by atoms with van der Waals surface area (Å²) in [5, 5.41) is 9.05. The fraction of sp³-hybridized carbons (Fsp3) is 0.533. The Bertz CT molecular complexity index is 536. The van der Waals surface area contributed by atoms with E-state index in [1.54, 1.807) is 0 Å². The van der Waals surface area contributed by atoms with Gasteiger partial charge >= 0.3 is 12.1 Å². The number of hydrogen-bond acceptors (Lipinski definition) is 2. The van der Waals surface area contributed by atoms with Crippen LogP contribution in [0.4, 0.5) is 18.9 Å². The molecule has 0 heterocycles. The lowest BCUT2D eigenvalue weighted by atomic mass is 10.0. The molecule has 1 aromatic rings. The fourth-order valence-electron chi connectivity index (χ4n) is 2.38. The summed E-state index contributed by atoms with van der Waals surface area (Å²) in [5.74, 6) is -1.20. The number of halogens is 3. The van der Waals surface area contributed by atoms with Crippen molar-refractivity contribution in [1.29, 1.82) is 0 Å². The van der Waals surface area contributed by atoms with Gasteiger partial charge in [0, 0.05) is 18.3 Å². The molecule has 0 atom stereocenters. The van der Waals surface area contributed by atoms with Crippen LogP contribution in [0.25, 0.3) is 0 Å². The van der Waals surface area contributed by atoms with Gasteiger partial charge in [0.2, 0.25) is 0 Å². The SMILES string of the molecule is CC(C)CN(c1ccc(C(F)(F)F)c(C(=O)O)c1)C1CC1. The molecule has 0 radical (unpaired) electrons. The van der Waals surface area contributed by atoms with Crippen LogP contribution in [0.3, 0.4) is 0 Å². The summed E-state index contributed by atoms with van der Waals surface area (Å²) in [7, 11) is 0. The third-order valence-electron chi connectivity index (χ3n) is 3.42. The van der Waals surface area contributed by atoms with Crippen molar-refractivity contribution in [2.24, 2.45) is 5.92 Å². The summed E-state index contributed by atoms with van der Waals surface area (Å²) in [5.41, 5.74) is -1.23. The second-order valence-corrected chi connectivity index (χ2v) is 5.81. The minimum atomic E-state index is -4.66. The van der Waals surface area contributed by atoms with Crippen LogP contribution < -0.4 is 4.90 Å². The number of rotatable bonds is 5. The van der Waals surface area contributed by atoms with Gasteiger partial charge in [0.05, 0.1) is 11.1 Å². The number of anilines is 1. The van der Waals surface area contributed by atoms with E-state index in [4.69, 9.17) is 5.11 Å². The van der Waals surface area contributed by atoms with Gasteiger partial charge in [-0.1, -0.05) is 13.8 Å². The Morgan fingerprint density at radius 3 is 2.43 bits per heavy atom. The summed E-state index contributed by atoms with van der Waals surface area (Å²) in [6.07, 6.45) is -2.67. The molecule has 0 amide bonds. The highest BCUT2D eigenvalue weighted by Crippen LogP contribution is 2.37. The van der Waals surface area contributed by atoms with Crippen LogP contribution in [-0.2, 0) is 6.18 Å². The normalized spacial score (nSPS) is 15.3. The van der Waals surface area contributed by atoms with Gasteiger partial charge in [-0.05, 0) is 37.0 Å². The van der Waals surface area contributed by atoms with E-state index in [1.807, 2.05) is 18.7 Å². The monoisotopic (exact) mass is 301 g/mol. The largest absolute Gasteiger partial charge is 0.478 e. The second kappa shape index (κ2) is 5.58. The Balaban J connectivity index is 2.41. The van der Waals surface area contributed by atoms with E-state index >= 15 is 0 Å². The lowest BCUT2D eigenvalue weighted by molar-refractivity contribution is -0.138. The number of aromatic carboxylic acids is 1. The molecule has 0 aliphatic heterocycles. The first-order valence-corrected chi connectivity index (χ1v) is 6.91. The number of hydrogen-bond donors (Lipinski definition) is 1. The van der Waals surface area contributed by atoms with Crippen molar-refractivity contribution in [3.8, 4) is 0 Å². The van der Waals surface area contributed by atoms with Crippen LogP contribution in [0, 0.1) is 5.92 Å². The van der Waals surface area contributed by atoms with Crippen molar-refractivity contribution in [3.63, 3.8) is 0 Å². The van der Waals surface area contributed by atoms with E-state index in [1.165, 1.54) is 6.07 Å². The summed E-state index contributed by atoms with van der Waals surface area (Å²) in [6.45, 7) is 4.75. The van der Waals surface area contributed by atoms with Crippen molar-refractivity contribution in [1.82, 2.24) is 0 Å². The van der Waals surface area contributed by atoms with Gasteiger partial charge in [0.1, 0.15) is 0 Å². The topological polar surface area (TPSA) is 40.5 Å². The van der Waals surface area contributed by atoms with E-state index in [9.17, 15) is 18.0 Å². The maximum Gasteiger partial charge on any atom is 0.417 e. The summed E-state index contributed by atoms with van der Waals surface area (Å²) >= 11 is 0. The number of carboxylic acids is 1. The number of carboxylic acid groups (broad SMARTS) is 1. The average molecular weight is 301 g/mol. The third-order valence-corrected chi connectivity index (χ3v) is 3.42. The Hall–Kier alpha value is -1.72.